The van der Waals surface area contributed by atoms with Crippen LogP contribution in [0.3, 0.4) is 0 Å². The molecular formula is C32H30N4O7S2. The number of primary sulfonamides is 1. The molecule has 232 valence electrons. The molecule has 0 spiro atoms. The Morgan fingerprint density at radius 3 is 2.09 bits per heavy atom. The number of carbonyl (C=O) groups excluding carboxylic acids is 3. The Bertz CT molecular complexity index is 1810. The molecule has 0 saturated carbocycles. The number of nitrogens with one attached hydrogen (secondary N) is 3. The molecule has 0 bridgehead atoms. The van der Waals surface area contributed by atoms with Gasteiger partial charge in [-0.2, -0.15) is 0 Å². The molecule has 5 N–H and O–H groups in total. The summed E-state index contributed by atoms with van der Waals surface area (Å²) < 4.78 is 33.5. The maximum absolute atomic E-state index is 13.4. The maximum atomic E-state index is 13.4. The summed E-state index contributed by atoms with van der Waals surface area (Å²) >= 11 is 1.27. The van der Waals surface area contributed by atoms with Crippen molar-refractivity contribution in [1.82, 2.24) is 5.32 Å². The monoisotopic (exact) mass is 646 g/mol. The van der Waals surface area contributed by atoms with E-state index < -0.39 is 21.8 Å². The zero-order valence-corrected chi connectivity index (χ0v) is 25.9. The first kappa shape index (κ1) is 32.8. The SMILES string of the molecule is COc1ccc(OC)c(/C=C(\NC(=O)c2ccccc2)C(=O)Nc2ccc(SCC(=O)Nc3ccc(S(N)(=O)=O)cc3)cc2)c1. The van der Waals surface area contributed by atoms with Crippen LogP contribution in [0.1, 0.15) is 15.9 Å². The van der Waals surface area contributed by atoms with Crippen molar-refractivity contribution in [2.45, 2.75) is 9.79 Å². The summed E-state index contributed by atoms with van der Waals surface area (Å²) in [5, 5.41) is 13.3. The maximum Gasteiger partial charge on any atom is 0.272 e. The van der Waals surface area contributed by atoms with Gasteiger partial charge in [-0.15, -0.1) is 11.8 Å². The first-order chi connectivity index (χ1) is 21.5. The number of amides is 3. The smallest absolute Gasteiger partial charge is 0.272 e. The van der Waals surface area contributed by atoms with Crippen molar-refractivity contribution >= 4 is 57.0 Å². The summed E-state index contributed by atoms with van der Waals surface area (Å²) in [7, 11) is -0.803. The predicted molar refractivity (Wildman–Crippen MR) is 174 cm³/mol. The van der Waals surface area contributed by atoms with Crippen LogP contribution in [-0.2, 0) is 19.6 Å². The predicted octanol–water partition coefficient (Wildman–Crippen LogP) is 4.49. The quantitative estimate of drug-likeness (QED) is 0.129. The average molecular weight is 647 g/mol. The van der Waals surface area contributed by atoms with Crippen molar-refractivity contribution < 1.29 is 32.3 Å². The number of carbonyl (C=O) groups is 3. The van der Waals surface area contributed by atoms with Gasteiger partial charge in [0.1, 0.15) is 17.2 Å². The molecule has 13 heteroatoms. The molecule has 0 aliphatic carbocycles. The van der Waals surface area contributed by atoms with Crippen molar-refractivity contribution in [2.75, 3.05) is 30.6 Å². The van der Waals surface area contributed by atoms with Crippen molar-refractivity contribution in [3.63, 3.8) is 0 Å². The molecule has 0 atom stereocenters. The van der Waals surface area contributed by atoms with Gasteiger partial charge in [0.05, 0.1) is 24.9 Å². The Morgan fingerprint density at radius 1 is 0.822 bits per heavy atom. The average Bonchev–Trinajstić information content (AvgIpc) is 3.04. The Kier molecular flexibility index (Phi) is 11.0. The lowest BCUT2D eigenvalue weighted by atomic mass is 10.1. The minimum atomic E-state index is -3.82. The van der Waals surface area contributed by atoms with Gasteiger partial charge in [-0.05, 0) is 84.9 Å². The normalized spacial score (nSPS) is 11.3. The number of nitrogens with two attached hydrogens (primary N) is 1. The number of benzene rings is 4. The van der Waals surface area contributed by atoms with Crippen LogP contribution >= 0.6 is 11.8 Å². The summed E-state index contributed by atoms with van der Waals surface area (Å²) in [6, 6.07) is 26.0. The Morgan fingerprint density at radius 2 is 1.47 bits per heavy atom. The molecule has 0 aromatic heterocycles. The van der Waals surface area contributed by atoms with Gasteiger partial charge in [-0.25, -0.2) is 13.6 Å². The number of ether oxygens (including phenoxy) is 2. The van der Waals surface area contributed by atoms with Crippen molar-refractivity contribution in [2.24, 2.45) is 5.14 Å². The second-order valence-electron chi connectivity index (χ2n) is 9.37. The van der Waals surface area contributed by atoms with E-state index in [-0.39, 0.29) is 22.3 Å². The van der Waals surface area contributed by atoms with Crippen LogP contribution in [0.5, 0.6) is 11.5 Å². The van der Waals surface area contributed by atoms with E-state index in [4.69, 9.17) is 14.6 Å². The molecule has 0 aliphatic heterocycles. The van der Waals surface area contributed by atoms with Gasteiger partial charge in [-0.3, -0.25) is 14.4 Å². The van der Waals surface area contributed by atoms with E-state index in [1.807, 2.05) is 0 Å². The Labute approximate surface area is 264 Å². The topological polar surface area (TPSA) is 166 Å². The van der Waals surface area contributed by atoms with E-state index in [1.165, 1.54) is 56.3 Å². The van der Waals surface area contributed by atoms with Crippen molar-refractivity contribution in [1.29, 1.82) is 0 Å². The number of methoxy groups -OCH3 is 2. The van der Waals surface area contributed by atoms with Crippen LogP contribution in [0, 0.1) is 0 Å². The number of sulfonamides is 1. The Balaban J connectivity index is 1.44. The third kappa shape index (κ3) is 9.44. The summed E-state index contributed by atoms with van der Waals surface area (Å²) in [6.07, 6.45) is 1.50. The Hall–Kier alpha value is -5.11. The molecule has 0 unspecified atom stereocenters. The molecule has 0 fully saturated rings. The highest BCUT2D eigenvalue weighted by Gasteiger charge is 2.17. The summed E-state index contributed by atoms with van der Waals surface area (Å²) in [4.78, 5) is 39.5. The van der Waals surface area contributed by atoms with Gasteiger partial charge >= 0.3 is 0 Å². The van der Waals surface area contributed by atoms with Crippen molar-refractivity contribution in [3.8, 4) is 11.5 Å². The third-order valence-electron chi connectivity index (χ3n) is 6.21. The highest BCUT2D eigenvalue weighted by Crippen LogP contribution is 2.27. The molecule has 0 radical (unpaired) electrons. The van der Waals surface area contributed by atoms with Crippen LogP contribution < -0.4 is 30.6 Å². The van der Waals surface area contributed by atoms with Crippen molar-refractivity contribution in [3.05, 3.63) is 114 Å². The zero-order chi connectivity index (χ0) is 32.4. The highest BCUT2D eigenvalue weighted by atomic mass is 32.2. The molecule has 45 heavy (non-hydrogen) atoms. The van der Waals surface area contributed by atoms with E-state index >= 15 is 0 Å². The number of anilines is 2. The van der Waals surface area contributed by atoms with Gasteiger partial charge in [-0.1, -0.05) is 18.2 Å². The molecule has 0 aliphatic rings. The molecule has 4 aromatic rings. The molecular weight excluding hydrogens is 617 g/mol. The molecule has 3 amide bonds. The molecule has 4 aromatic carbocycles. The fourth-order valence-corrected chi connectivity index (χ4v) is 5.17. The van der Waals surface area contributed by atoms with E-state index in [0.29, 0.717) is 34.0 Å². The van der Waals surface area contributed by atoms with E-state index in [2.05, 4.69) is 16.0 Å². The number of thioether (sulfide) groups is 1. The number of hydrogen-bond acceptors (Lipinski definition) is 8. The fourth-order valence-electron chi connectivity index (χ4n) is 3.96. The number of hydrogen-bond donors (Lipinski definition) is 4. The van der Waals surface area contributed by atoms with Gasteiger partial charge < -0.3 is 25.4 Å². The first-order valence-corrected chi connectivity index (χ1v) is 15.9. The second kappa shape index (κ2) is 15.1. The van der Waals surface area contributed by atoms with Crippen LogP contribution in [-0.4, -0.2) is 46.1 Å². The largest absolute Gasteiger partial charge is 0.497 e. The molecule has 0 saturated heterocycles. The van der Waals surface area contributed by atoms with Gasteiger partial charge in [0.25, 0.3) is 11.8 Å². The van der Waals surface area contributed by atoms with Gasteiger partial charge in [0.2, 0.25) is 15.9 Å². The van der Waals surface area contributed by atoms with E-state index in [0.717, 1.165) is 4.90 Å². The standard InChI is InChI=1S/C32H30N4O7S2/c1-42-25-12-17-29(43-2)22(18-25)19-28(36-31(38)21-6-4-3-5-7-21)32(39)35-24-8-13-26(14-9-24)44-20-30(37)34-23-10-15-27(16-11-23)45(33,40)41/h3-19H,20H2,1-2H3,(H,34,37)(H,35,39)(H,36,38)(H2,33,40,41)/b28-19-. The van der Waals surface area contributed by atoms with Crippen LogP contribution in [0.4, 0.5) is 11.4 Å². The molecule has 11 nitrogen and oxygen atoms in total. The number of rotatable bonds is 12. The van der Waals surface area contributed by atoms with E-state index in [9.17, 15) is 22.8 Å². The third-order valence-corrected chi connectivity index (χ3v) is 8.16. The summed E-state index contributed by atoms with van der Waals surface area (Å²) in [6.45, 7) is 0. The second-order valence-corrected chi connectivity index (χ2v) is 12.0. The van der Waals surface area contributed by atoms with E-state index in [1.54, 1.807) is 72.8 Å². The van der Waals surface area contributed by atoms with Crippen LogP contribution in [0.15, 0.2) is 113 Å². The zero-order valence-electron chi connectivity index (χ0n) is 24.3. The lowest BCUT2D eigenvalue weighted by molar-refractivity contribution is -0.114. The highest BCUT2D eigenvalue weighted by molar-refractivity contribution is 8.00. The van der Waals surface area contributed by atoms with Crippen LogP contribution in [0.25, 0.3) is 6.08 Å². The fraction of sp³-hybridized carbons (Fsp3) is 0.0938. The van der Waals surface area contributed by atoms with Gasteiger partial charge in [0, 0.05) is 27.4 Å². The summed E-state index contributed by atoms with van der Waals surface area (Å²) in [5.41, 5.74) is 1.75. The summed E-state index contributed by atoms with van der Waals surface area (Å²) in [5.74, 6) is -0.234. The van der Waals surface area contributed by atoms with Gasteiger partial charge in [0.15, 0.2) is 0 Å². The minimum absolute atomic E-state index is 0.0253. The molecule has 4 rings (SSSR count). The minimum Gasteiger partial charge on any atom is -0.497 e. The lowest BCUT2D eigenvalue weighted by Crippen LogP contribution is -2.30. The molecule has 0 heterocycles. The first-order valence-electron chi connectivity index (χ1n) is 13.3. The lowest BCUT2D eigenvalue weighted by Gasteiger charge is -2.13. The van der Waals surface area contributed by atoms with Crippen LogP contribution in [0.2, 0.25) is 0 Å².